The lowest BCUT2D eigenvalue weighted by Crippen LogP contribution is -2.45. The average Bonchev–Trinajstić information content (AvgIpc) is 3.08. The third-order valence-electron chi connectivity index (χ3n) is 7.23. The van der Waals surface area contributed by atoms with E-state index in [1.54, 1.807) is 54.7 Å². The van der Waals surface area contributed by atoms with Gasteiger partial charge >= 0.3 is 0 Å². The van der Waals surface area contributed by atoms with Crippen LogP contribution in [0.4, 0.5) is 0 Å². The van der Waals surface area contributed by atoms with Crippen molar-refractivity contribution in [2.24, 2.45) is 0 Å². The number of amides is 2. The number of aromatic nitrogens is 1. The summed E-state index contributed by atoms with van der Waals surface area (Å²) in [7, 11) is -3.67. The molecule has 12 heteroatoms. The fraction of sp³-hybridized carbons (Fsp3) is 0.242. The number of hydrogen-bond donors (Lipinski definition) is 1. The number of benzene rings is 3. The molecule has 1 aliphatic rings. The highest BCUT2D eigenvalue weighted by Gasteiger charge is 2.32. The molecule has 0 aliphatic carbocycles. The second-order valence-corrected chi connectivity index (χ2v) is 12.7. The lowest BCUT2D eigenvalue weighted by molar-refractivity contribution is -0.143. The van der Waals surface area contributed by atoms with Gasteiger partial charge in [0.2, 0.25) is 15.9 Å². The van der Waals surface area contributed by atoms with Gasteiger partial charge in [0.05, 0.1) is 30.3 Å². The van der Waals surface area contributed by atoms with Crippen molar-refractivity contribution in [1.82, 2.24) is 19.5 Å². The Hall–Kier alpha value is -4.29. The number of hydrogen-bond acceptors (Lipinski definition) is 7. The molecule has 0 bridgehead atoms. The summed E-state index contributed by atoms with van der Waals surface area (Å²) >= 11 is 6.10. The van der Waals surface area contributed by atoms with Gasteiger partial charge in [-0.2, -0.15) is 4.31 Å². The number of morpholine rings is 1. The number of sulfonamides is 1. The second-order valence-electron chi connectivity index (χ2n) is 10.3. The van der Waals surface area contributed by atoms with Gasteiger partial charge in [-0.3, -0.25) is 14.6 Å². The van der Waals surface area contributed by atoms with E-state index in [0.717, 1.165) is 5.56 Å². The van der Waals surface area contributed by atoms with Crippen molar-refractivity contribution in [3.05, 3.63) is 125 Å². The molecule has 45 heavy (non-hydrogen) atoms. The lowest BCUT2D eigenvalue weighted by Gasteiger charge is -2.31. The summed E-state index contributed by atoms with van der Waals surface area (Å²) in [6, 6.07) is 26.5. The van der Waals surface area contributed by atoms with Crippen LogP contribution in [0.15, 0.2) is 108 Å². The van der Waals surface area contributed by atoms with Crippen LogP contribution >= 0.6 is 11.6 Å². The molecule has 2 amide bonds. The Morgan fingerprint density at radius 3 is 2.29 bits per heavy atom. The highest BCUT2D eigenvalue weighted by atomic mass is 35.5. The first-order valence-electron chi connectivity index (χ1n) is 14.4. The normalized spacial score (nSPS) is 14.3. The third-order valence-corrected chi connectivity index (χ3v) is 9.39. The van der Waals surface area contributed by atoms with E-state index in [-0.39, 0.29) is 43.6 Å². The molecule has 5 rings (SSSR count). The zero-order valence-corrected chi connectivity index (χ0v) is 26.0. The van der Waals surface area contributed by atoms with Gasteiger partial charge in [-0.05, 0) is 59.7 Å². The predicted octanol–water partition coefficient (Wildman–Crippen LogP) is 4.22. The lowest BCUT2D eigenvalue weighted by atomic mass is 10.0. The summed E-state index contributed by atoms with van der Waals surface area (Å²) in [5.41, 5.74) is 2.07. The van der Waals surface area contributed by atoms with Gasteiger partial charge in [0.25, 0.3) is 5.91 Å². The summed E-state index contributed by atoms with van der Waals surface area (Å²) in [5.74, 6) is -0.518. The van der Waals surface area contributed by atoms with E-state index in [0.29, 0.717) is 35.2 Å². The first-order chi connectivity index (χ1) is 21.8. The zero-order chi connectivity index (χ0) is 31.6. The van der Waals surface area contributed by atoms with Crippen LogP contribution in [0.5, 0.6) is 5.75 Å². The Bertz CT molecular complexity index is 1670. The molecule has 1 N–H and O–H groups in total. The maximum Gasteiger partial charge on any atom is 0.261 e. The van der Waals surface area contributed by atoms with Crippen LogP contribution in [0.25, 0.3) is 0 Å². The Labute approximate surface area is 267 Å². The topological polar surface area (TPSA) is 118 Å². The van der Waals surface area contributed by atoms with Crippen LogP contribution in [-0.4, -0.2) is 67.3 Å². The Morgan fingerprint density at radius 1 is 0.933 bits per heavy atom. The summed E-state index contributed by atoms with van der Waals surface area (Å²) in [6.45, 7) is 1.17. The highest BCUT2D eigenvalue weighted by molar-refractivity contribution is 7.89. The Kier molecular flexibility index (Phi) is 10.8. The molecular formula is C33H33ClN4O6S. The standard InChI is InChI=1S/C33H33ClN4O6S/c34-27-11-9-25(10-12-27)23-38(32(26-6-2-1-3-7-26)33(40)36-22-28-8-4-5-17-35-28)31(39)24-44-29-13-15-30(16-14-29)45(41,42)37-18-20-43-21-19-37/h1-17,32H,18-24H2,(H,36,40). The number of halogens is 1. The summed E-state index contributed by atoms with van der Waals surface area (Å²) in [4.78, 5) is 33.5. The van der Waals surface area contributed by atoms with Crippen molar-refractivity contribution in [3.63, 3.8) is 0 Å². The van der Waals surface area contributed by atoms with Crippen molar-refractivity contribution < 1.29 is 27.5 Å². The van der Waals surface area contributed by atoms with Crippen molar-refractivity contribution >= 4 is 33.4 Å². The number of nitrogens with zero attached hydrogens (tertiary/aromatic N) is 3. The van der Waals surface area contributed by atoms with Crippen molar-refractivity contribution in [3.8, 4) is 5.75 Å². The molecule has 0 saturated carbocycles. The van der Waals surface area contributed by atoms with Gasteiger partial charge in [0.1, 0.15) is 11.8 Å². The minimum absolute atomic E-state index is 0.104. The van der Waals surface area contributed by atoms with E-state index in [1.807, 2.05) is 24.3 Å². The van der Waals surface area contributed by atoms with Gasteiger partial charge in [0.15, 0.2) is 6.61 Å². The van der Waals surface area contributed by atoms with Crippen molar-refractivity contribution in [1.29, 1.82) is 0 Å². The number of ether oxygens (including phenoxy) is 2. The molecule has 3 aromatic carbocycles. The monoisotopic (exact) mass is 648 g/mol. The van der Waals surface area contributed by atoms with Crippen LogP contribution in [0, 0.1) is 0 Å². The molecule has 1 saturated heterocycles. The molecule has 1 aromatic heterocycles. The van der Waals surface area contributed by atoms with E-state index >= 15 is 0 Å². The molecule has 1 atom stereocenters. The molecule has 0 spiro atoms. The quantitative estimate of drug-likeness (QED) is 0.244. The SMILES string of the molecule is O=C(NCc1ccccn1)C(c1ccccc1)N(Cc1ccc(Cl)cc1)C(=O)COc1ccc(S(=O)(=O)N2CCOCC2)cc1. The maximum atomic E-state index is 13.9. The first kappa shape index (κ1) is 32.1. The van der Waals surface area contributed by atoms with Gasteiger partial charge in [-0.25, -0.2) is 8.42 Å². The van der Waals surface area contributed by atoms with Crippen LogP contribution < -0.4 is 10.1 Å². The molecule has 1 unspecified atom stereocenters. The molecular weight excluding hydrogens is 616 g/mol. The Balaban J connectivity index is 1.36. The smallest absolute Gasteiger partial charge is 0.261 e. The van der Waals surface area contributed by atoms with Gasteiger partial charge in [0, 0.05) is 30.9 Å². The van der Waals surface area contributed by atoms with Crippen molar-refractivity contribution in [2.75, 3.05) is 32.9 Å². The summed E-state index contributed by atoms with van der Waals surface area (Å²) in [5, 5.41) is 3.47. The van der Waals surface area contributed by atoms with Crippen LogP contribution in [0.3, 0.4) is 0 Å². The molecule has 1 fully saturated rings. The Morgan fingerprint density at radius 2 is 1.62 bits per heavy atom. The summed E-state index contributed by atoms with van der Waals surface area (Å²) in [6.07, 6.45) is 1.65. The zero-order valence-electron chi connectivity index (χ0n) is 24.4. The van der Waals surface area contributed by atoms with E-state index < -0.39 is 22.0 Å². The minimum atomic E-state index is -3.67. The third kappa shape index (κ3) is 8.46. The largest absolute Gasteiger partial charge is 0.484 e. The second kappa shape index (κ2) is 15.1. The van der Waals surface area contributed by atoms with Gasteiger partial charge in [-0.1, -0.05) is 60.1 Å². The van der Waals surface area contributed by atoms with Crippen LogP contribution in [0.2, 0.25) is 5.02 Å². The van der Waals surface area contributed by atoms with E-state index in [4.69, 9.17) is 21.1 Å². The molecule has 0 radical (unpaired) electrons. The van der Waals surface area contributed by atoms with E-state index in [2.05, 4.69) is 10.3 Å². The number of nitrogens with one attached hydrogen (secondary N) is 1. The molecule has 1 aliphatic heterocycles. The highest BCUT2D eigenvalue weighted by Crippen LogP contribution is 2.26. The fourth-order valence-corrected chi connectivity index (χ4v) is 6.40. The fourth-order valence-electron chi connectivity index (χ4n) is 4.87. The van der Waals surface area contributed by atoms with Gasteiger partial charge in [-0.15, -0.1) is 0 Å². The van der Waals surface area contributed by atoms with E-state index in [9.17, 15) is 18.0 Å². The molecule has 2 heterocycles. The molecule has 234 valence electrons. The number of carbonyl (C=O) groups excluding carboxylic acids is 2. The predicted molar refractivity (Wildman–Crippen MR) is 169 cm³/mol. The van der Waals surface area contributed by atoms with Crippen LogP contribution in [0.1, 0.15) is 22.9 Å². The maximum absolute atomic E-state index is 13.9. The number of pyridine rings is 1. The van der Waals surface area contributed by atoms with E-state index in [1.165, 1.54) is 33.5 Å². The summed E-state index contributed by atoms with van der Waals surface area (Å²) < 4.78 is 38.4. The van der Waals surface area contributed by atoms with Crippen LogP contribution in [-0.2, 0) is 37.4 Å². The molecule has 4 aromatic rings. The first-order valence-corrected chi connectivity index (χ1v) is 16.2. The minimum Gasteiger partial charge on any atom is -0.484 e. The van der Waals surface area contributed by atoms with Crippen molar-refractivity contribution in [2.45, 2.75) is 24.0 Å². The number of rotatable bonds is 12. The van der Waals surface area contributed by atoms with Gasteiger partial charge < -0.3 is 19.7 Å². The molecule has 10 nitrogen and oxygen atoms in total. The average molecular weight is 649 g/mol. The number of carbonyl (C=O) groups is 2.